The van der Waals surface area contributed by atoms with Gasteiger partial charge in [-0.3, -0.25) is 0 Å². The Labute approximate surface area is 104 Å². The number of aromatic amines is 1. The molecule has 5 heteroatoms. The van der Waals surface area contributed by atoms with Crippen molar-refractivity contribution in [3.05, 3.63) is 36.0 Å². The Kier molecular flexibility index (Phi) is 2.83. The third-order valence-electron chi connectivity index (χ3n) is 3.40. The van der Waals surface area contributed by atoms with Crippen LogP contribution < -0.4 is 0 Å². The van der Waals surface area contributed by atoms with Gasteiger partial charge in [0.05, 0.1) is 6.61 Å². The highest BCUT2D eigenvalue weighted by atomic mass is 16.6. The van der Waals surface area contributed by atoms with Crippen LogP contribution in [0.1, 0.15) is 11.8 Å². The predicted octanol–water partition coefficient (Wildman–Crippen LogP) is 0.322. The molecule has 1 aromatic heterocycles. The van der Waals surface area contributed by atoms with Gasteiger partial charge in [-0.25, -0.2) is 0 Å². The molecular weight excluding hydrogens is 234 g/mol. The van der Waals surface area contributed by atoms with Crippen molar-refractivity contribution in [1.82, 2.24) is 4.98 Å². The number of aromatic nitrogens is 1. The largest absolute Gasteiger partial charge is 0.394 e. The molecule has 2 heterocycles. The van der Waals surface area contributed by atoms with Gasteiger partial charge in [0, 0.05) is 11.2 Å². The average Bonchev–Trinajstić information content (AvgIpc) is 2.92. The fraction of sp³-hybridized carbons (Fsp3) is 0.385. The summed E-state index contributed by atoms with van der Waals surface area (Å²) in [6.07, 6.45) is -3.47. The number of hydrogen-bond acceptors (Lipinski definition) is 4. The third kappa shape index (κ3) is 1.72. The maximum absolute atomic E-state index is 9.93. The first-order chi connectivity index (χ1) is 8.70. The van der Waals surface area contributed by atoms with Crippen molar-refractivity contribution in [3.8, 4) is 0 Å². The smallest absolute Gasteiger partial charge is 0.126 e. The molecule has 2 unspecified atom stereocenters. The van der Waals surface area contributed by atoms with E-state index >= 15 is 0 Å². The first-order valence-corrected chi connectivity index (χ1v) is 5.91. The Morgan fingerprint density at radius 3 is 2.61 bits per heavy atom. The van der Waals surface area contributed by atoms with Gasteiger partial charge in [-0.1, -0.05) is 18.2 Å². The lowest BCUT2D eigenvalue weighted by molar-refractivity contribution is -0.0237. The molecule has 18 heavy (non-hydrogen) atoms. The molecule has 1 aliphatic heterocycles. The van der Waals surface area contributed by atoms with Crippen molar-refractivity contribution in [2.24, 2.45) is 0 Å². The van der Waals surface area contributed by atoms with E-state index in [0.29, 0.717) is 5.69 Å². The zero-order valence-electron chi connectivity index (χ0n) is 9.65. The van der Waals surface area contributed by atoms with Crippen molar-refractivity contribution in [2.75, 3.05) is 6.61 Å². The van der Waals surface area contributed by atoms with Gasteiger partial charge in [-0.2, -0.15) is 0 Å². The standard InChI is InChI=1S/C13H15NO4/c15-6-10-11(16)12(17)13(18-10)9-5-7-3-1-2-4-8(7)14-9/h1-5,10-17H,6H2/t10-,11?,12?,13-/m1/s1. The summed E-state index contributed by atoms with van der Waals surface area (Å²) in [7, 11) is 0. The van der Waals surface area contributed by atoms with Crippen LogP contribution in [0, 0.1) is 0 Å². The highest BCUT2D eigenvalue weighted by Crippen LogP contribution is 2.34. The Balaban J connectivity index is 1.95. The van der Waals surface area contributed by atoms with Crippen LogP contribution in [0.2, 0.25) is 0 Å². The van der Waals surface area contributed by atoms with E-state index in [0.717, 1.165) is 10.9 Å². The Bertz CT molecular complexity index is 520. The molecule has 0 aliphatic carbocycles. The molecule has 5 nitrogen and oxygen atoms in total. The van der Waals surface area contributed by atoms with Crippen LogP contribution >= 0.6 is 0 Å². The van der Waals surface area contributed by atoms with Crippen molar-refractivity contribution in [2.45, 2.75) is 24.4 Å². The fourth-order valence-electron chi connectivity index (χ4n) is 2.41. The SMILES string of the molecule is OC[C@H]1O[C@H](c2cc3ccccc3[nH]2)C(O)C1O. The number of nitrogens with one attached hydrogen (secondary N) is 1. The minimum Gasteiger partial charge on any atom is -0.394 e. The number of aliphatic hydroxyl groups excluding tert-OH is 3. The summed E-state index contributed by atoms with van der Waals surface area (Å²) in [6.45, 7) is -0.311. The molecule has 2 aromatic rings. The topological polar surface area (TPSA) is 85.7 Å². The fourth-order valence-corrected chi connectivity index (χ4v) is 2.41. The summed E-state index contributed by atoms with van der Waals surface area (Å²) in [5, 5.41) is 29.7. The van der Waals surface area contributed by atoms with E-state index in [9.17, 15) is 10.2 Å². The molecule has 1 saturated heterocycles. The molecule has 0 saturated carbocycles. The van der Waals surface area contributed by atoms with Crippen LogP contribution in [-0.2, 0) is 4.74 Å². The van der Waals surface area contributed by atoms with Crippen LogP contribution in [0.3, 0.4) is 0 Å². The lowest BCUT2D eigenvalue weighted by atomic mass is 10.1. The van der Waals surface area contributed by atoms with E-state index in [1.807, 2.05) is 30.3 Å². The Hall–Kier alpha value is -1.40. The van der Waals surface area contributed by atoms with Crippen molar-refractivity contribution in [1.29, 1.82) is 0 Å². The summed E-state index contributed by atoms with van der Waals surface area (Å²) < 4.78 is 5.47. The van der Waals surface area contributed by atoms with Crippen LogP contribution in [-0.4, -0.2) is 45.2 Å². The minimum atomic E-state index is -1.06. The molecule has 1 aromatic carbocycles. The summed E-state index contributed by atoms with van der Waals surface area (Å²) >= 11 is 0. The van der Waals surface area contributed by atoms with E-state index in [1.54, 1.807) is 0 Å². The monoisotopic (exact) mass is 249 g/mol. The van der Waals surface area contributed by atoms with Crippen molar-refractivity contribution in [3.63, 3.8) is 0 Å². The number of H-pyrrole nitrogens is 1. The summed E-state index contributed by atoms with van der Waals surface area (Å²) in [6, 6.07) is 9.61. The highest BCUT2D eigenvalue weighted by Gasteiger charge is 2.43. The lowest BCUT2D eigenvalue weighted by Crippen LogP contribution is -2.32. The molecule has 1 aliphatic rings. The zero-order chi connectivity index (χ0) is 12.7. The molecule has 3 rings (SSSR count). The van der Waals surface area contributed by atoms with Gasteiger partial charge < -0.3 is 25.0 Å². The van der Waals surface area contributed by atoms with Gasteiger partial charge in [0.1, 0.15) is 24.4 Å². The van der Waals surface area contributed by atoms with Crippen LogP contribution in [0.15, 0.2) is 30.3 Å². The molecule has 96 valence electrons. The normalized spacial score (nSPS) is 32.2. The average molecular weight is 249 g/mol. The second-order valence-electron chi connectivity index (χ2n) is 4.57. The molecule has 0 radical (unpaired) electrons. The third-order valence-corrected chi connectivity index (χ3v) is 3.40. The lowest BCUT2D eigenvalue weighted by Gasteiger charge is -2.12. The number of para-hydroxylation sites is 1. The van der Waals surface area contributed by atoms with Gasteiger partial charge in [-0.15, -0.1) is 0 Å². The van der Waals surface area contributed by atoms with E-state index in [2.05, 4.69) is 4.98 Å². The predicted molar refractivity (Wildman–Crippen MR) is 65.0 cm³/mol. The second kappa shape index (κ2) is 4.37. The van der Waals surface area contributed by atoms with Crippen LogP contribution in [0.5, 0.6) is 0 Å². The molecule has 4 N–H and O–H groups in total. The van der Waals surface area contributed by atoms with Gasteiger partial charge in [0.15, 0.2) is 0 Å². The summed E-state index contributed by atoms with van der Waals surface area (Å²) in [5.41, 5.74) is 1.66. The van der Waals surface area contributed by atoms with Crippen molar-refractivity contribution >= 4 is 10.9 Å². The van der Waals surface area contributed by atoms with Gasteiger partial charge >= 0.3 is 0 Å². The van der Waals surface area contributed by atoms with E-state index < -0.39 is 24.4 Å². The molecule has 0 bridgehead atoms. The maximum atomic E-state index is 9.93. The highest BCUT2D eigenvalue weighted by molar-refractivity contribution is 5.80. The van der Waals surface area contributed by atoms with E-state index in [4.69, 9.17) is 9.84 Å². The van der Waals surface area contributed by atoms with Crippen LogP contribution in [0.25, 0.3) is 10.9 Å². The number of hydrogen-bond donors (Lipinski definition) is 4. The van der Waals surface area contributed by atoms with Gasteiger partial charge in [-0.05, 0) is 17.5 Å². The van der Waals surface area contributed by atoms with E-state index in [1.165, 1.54) is 0 Å². The molecule has 0 spiro atoms. The Morgan fingerprint density at radius 2 is 1.94 bits per heavy atom. The molecule has 4 atom stereocenters. The molecular formula is C13H15NO4. The quantitative estimate of drug-likeness (QED) is 0.617. The second-order valence-corrected chi connectivity index (χ2v) is 4.57. The number of aliphatic hydroxyl groups is 3. The number of rotatable bonds is 2. The van der Waals surface area contributed by atoms with Gasteiger partial charge in [0.25, 0.3) is 0 Å². The Morgan fingerprint density at radius 1 is 1.17 bits per heavy atom. The van der Waals surface area contributed by atoms with Gasteiger partial charge in [0.2, 0.25) is 0 Å². The number of benzene rings is 1. The molecule has 0 amide bonds. The van der Waals surface area contributed by atoms with Crippen LogP contribution in [0.4, 0.5) is 0 Å². The number of fused-ring (bicyclic) bond motifs is 1. The maximum Gasteiger partial charge on any atom is 0.126 e. The first kappa shape index (κ1) is 11.7. The summed E-state index contributed by atoms with van der Waals surface area (Å²) in [4.78, 5) is 3.16. The molecule has 1 fully saturated rings. The first-order valence-electron chi connectivity index (χ1n) is 5.91. The number of ether oxygens (including phenoxy) is 1. The zero-order valence-corrected chi connectivity index (χ0v) is 9.65. The van der Waals surface area contributed by atoms with Crippen molar-refractivity contribution < 1.29 is 20.1 Å². The summed E-state index contributed by atoms with van der Waals surface area (Å²) in [5.74, 6) is 0. The minimum absolute atomic E-state index is 0.311. The van der Waals surface area contributed by atoms with E-state index in [-0.39, 0.29) is 6.61 Å².